The Labute approximate surface area is 169 Å². The second kappa shape index (κ2) is 13.0. The first-order chi connectivity index (χ1) is 13.2. The van der Waals surface area contributed by atoms with E-state index in [-0.39, 0.29) is 5.56 Å². The van der Waals surface area contributed by atoms with Gasteiger partial charge in [0.2, 0.25) is 0 Å². The molecule has 0 saturated carbocycles. The first kappa shape index (κ1) is 22.0. The van der Waals surface area contributed by atoms with Gasteiger partial charge in [-0.2, -0.15) is 0 Å². The highest BCUT2D eigenvalue weighted by atomic mass is 32.2. The van der Waals surface area contributed by atoms with E-state index in [1.807, 2.05) is 31.3 Å². The lowest BCUT2D eigenvalue weighted by Gasteiger charge is -2.07. The summed E-state index contributed by atoms with van der Waals surface area (Å²) >= 11 is 1.61. The number of nitrogens with zero attached hydrogens (tertiary/aromatic N) is 2. The third-order valence-corrected chi connectivity index (χ3v) is 6.22. The van der Waals surface area contributed by atoms with Gasteiger partial charge in [0.25, 0.3) is 5.56 Å². The topological polar surface area (TPSA) is 34.9 Å². The molecule has 1 heterocycles. The molecule has 0 N–H and O–H groups in total. The number of aromatic nitrogens is 2. The summed E-state index contributed by atoms with van der Waals surface area (Å²) in [6.45, 7) is 2.27. The Morgan fingerprint density at radius 1 is 0.852 bits per heavy atom. The van der Waals surface area contributed by atoms with Crippen LogP contribution in [0.1, 0.15) is 84.0 Å². The SMILES string of the molecule is CCCCCCCCCCCCCCSc1nc2ccccc2n(C)c1=O. The molecule has 0 aliphatic heterocycles. The maximum atomic E-state index is 12.4. The molecule has 2 aromatic rings. The Hall–Kier alpha value is -1.29. The molecule has 0 spiro atoms. The average Bonchev–Trinajstić information content (AvgIpc) is 2.69. The van der Waals surface area contributed by atoms with E-state index in [9.17, 15) is 4.79 Å². The normalized spacial score (nSPS) is 11.3. The Bertz CT molecular complexity index is 726. The molecule has 150 valence electrons. The predicted molar refractivity (Wildman–Crippen MR) is 119 cm³/mol. The Morgan fingerprint density at radius 3 is 2.04 bits per heavy atom. The van der Waals surface area contributed by atoms with Crippen molar-refractivity contribution in [1.29, 1.82) is 0 Å². The van der Waals surface area contributed by atoms with E-state index in [0.29, 0.717) is 5.03 Å². The van der Waals surface area contributed by atoms with Gasteiger partial charge in [-0.25, -0.2) is 4.98 Å². The quantitative estimate of drug-likeness (QED) is 0.266. The maximum Gasteiger partial charge on any atom is 0.283 e. The smallest absolute Gasteiger partial charge is 0.283 e. The van der Waals surface area contributed by atoms with Crippen LogP contribution in [-0.2, 0) is 7.05 Å². The Kier molecular flexibility index (Phi) is 10.6. The van der Waals surface area contributed by atoms with Crippen LogP contribution in [0.4, 0.5) is 0 Å². The van der Waals surface area contributed by atoms with Crippen LogP contribution in [0.3, 0.4) is 0 Å². The van der Waals surface area contributed by atoms with E-state index in [1.54, 1.807) is 16.3 Å². The lowest BCUT2D eigenvalue weighted by molar-refractivity contribution is 0.548. The summed E-state index contributed by atoms with van der Waals surface area (Å²) in [5, 5.41) is 0.638. The molecule has 0 unspecified atom stereocenters. The lowest BCUT2D eigenvalue weighted by atomic mass is 10.1. The fraction of sp³-hybridized carbons (Fsp3) is 0.652. The Balaban J connectivity index is 1.55. The van der Waals surface area contributed by atoms with Gasteiger partial charge in [0.1, 0.15) is 0 Å². The summed E-state index contributed by atoms with van der Waals surface area (Å²) in [5.74, 6) is 0.984. The number of unbranched alkanes of at least 4 members (excludes halogenated alkanes) is 11. The molecule has 0 bridgehead atoms. The van der Waals surface area contributed by atoms with Crippen LogP contribution in [-0.4, -0.2) is 15.3 Å². The van der Waals surface area contributed by atoms with E-state index >= 15 is 0 Å². The summed E-state index contributed by atoms with van der Waals surface area (Å²) in [7, 11) is 1.83. The van der Waals surface area contributed by atoms with Crippen LogP contribution in [0.2, 0.25) is 0 Å². The van der Waals surface area contributed by atoms with Crippen molar-refractivity contribution in [3.63, 3.8) is 0 Å². The number of aryl methyl sites for hydroxylation is 1. The highest BCUT2D eigenvalue weighted by Gasteiger charge is 2.08. The largest absolute Gasteiger partial charge is 0.308 e. The summed E-state index contributed by atoms with van der Waals surface area (Å²) in [5.41, 5.74) is 1.83. The molecule has 27 heavy (non-hydrogen) atoms. The van der Waals surface area contributed by atoms with Crippen LogP contribution >= 0.6 is 11.8 Å². The number of rotatable bonds is 14. The van der Waals surface area contributed by atoms with Gasteiger partial charge >= 0.3 is 0 Å². The van der Waals surface area contributed by atoms with Crippen LogP contribution < -0.4 is 5.56 Å². The molecule has 0 amide bonds. The minimum atomic E-state index is 0.0256. The number of fused-ring (bicyclic) bond motifs is 1. The summed E-state index contributed by atoms with van der Waals surface area (Å²) < 4.78 is 1.72. The molecule has 0 saturated heterocycles. The molecular weight excluding hydrogens is 352 g/mol. The second-order valence-corrected chi connectivity index (χ2v) is 8.59. The van der Waals surface area contributed by atoms with Gasteiger partial charge in [-0.3, -0.25) is 4.79 Å². The molecule has 4 heteroatoms. The van der Waals surface area contributed by atoms with Gasteiger partial charge in [-0.15, -0.1) is 11.8 Å². The minimum Gasteiger partial charge on any atom is -0.308 e. The molecule has 3 nitrogen and oxygen atoms in total. The zero-order valence-corrected chi connectivity index (χ0v) is 18.0. The van der Waals surface area contributed by atoms with Crippen molar-refractivity contribution < 1.29 is 0 Å². The van der Waals surface area contributed by atoms with E-state index in [0.717, 1.165) is 16.8 Å². The maximum absolute atomic E-state index is 12.4. The first-order valence-corrected chi connectivity index (χ1v) is 11.8. The summed E-state index contributed by atoms with van der Waals surface area (Å²) in [4.78, 5) is 17.0. The van der Waals surface area contributed by atoms with Gasteiger partial charge in [0.05, 0.1) is 11.0 Å². The third-order valence-electron chi connectivity index (χ3n) is 5.19. The molecule has 0 fully saturated rings. The molecule has 1 aromatic carbocycles. The minimum absolute atomic E-state index is 0.0256. The molecule has 0 radical (unpaired) electrons. The number of benzene rings is 1. The fourth-order valence-corrected chi connectivity index (χ4v) is 4.42. The van der Waals surface area contributed by atoms with Gasteiger partial charge in [-0.1, -0.05) is 89.7 Å². The molecule has 1 aromatic heterocycles. The van der Waals surface area contributed by atoms with E-state index in [1.165, 1.54) is 77.0 Å². The number of hydrogen-bond donors (Lipinski definition) is 0. The molecular formula is C23H36N2OS. The van der Waals surface area contributed by atoms with Crippen molar-refractivity contribution in [3.05, 3.63) is 34.6 Å². The average molecular weight is 389 g/mol. The van der Waals surface area contributed by atoms with Crippen molar-refractivity contribution in [3.8, 4) is 0 Å². The zero-order valence-electron chi connectivity index (χ0n) is 17.2. The Morgan fingerprint density at radius 2 is 1.41 bits per heavy atom. The van der Waals surface area contributed by atoms with Gasteiger partial charge in [0, 0.05) is 7.05 Å². The number of hydrogen-bond acceptors (Lipinski definition) is 3. The van der Waals surface area contributed by atoms with E-state index < -0.39 is 0 Å². The van der Waals surface area contributed by atoms with Gasteiger partial charge in [0.15, 0.2) is 5.03 Å². The fourth-order valence-electron chi connectivity index (χ4n) is 3.46. The van der Waals surface area contributed by atoms with E-state index in [4.69, 9.17) is 0 Å². The molecule has 0 aliphatic carbocycles. The monoisotopic (exact) mass is 388 g/mol. The van der Waals surface area contributed by atoms with Crippen LogP contribution in [0.15, 0.2) is 34.1 Å². The lowest BCUT2D eigenvalue weighted by Crippen LogP contribution is -2.20. The number of para-hydroxylation sites is 2. The predicted octanol–water partition coefficient (Wildman–Crippen LogP) is 6.73. The third kappa shape index (κ3) is 7.69. The van der Waals surface area contributed by atoms with E-state index in [2.05, 4.69) is 11.9 Å². The standard InChI is InChI=1S/C23H36N2OS/c1-3-4-5-6-7-8-9-10-11-12-13-16-19-27-22-23(26)25(2)21-18-15-14-17-20(21)24-22/h14-15,17-18H,3-13,16,19H2,1-2H3. The van der Waals surface area contributed by atoms with Crippen molar-refractivity contribution in [2.24, 2.45) is 7.05 Å². The molecule has 2 rings (SSSR count). The van der Waals surface area contributed by atoms with Crippen molar-refractivity contribution in [2.45, 2.75) is 89.0 Å². The zero-order chi connectivity index (χ0) is 19.3. The van der Waals surface area contributed by atoms with Gasteiger partial charge < -0.3 is 4.57 Å². The number of thioether (sulfide) groups is 1. The van der Waals surface area contributed by atoms with Crippen LogP contribution in [0, 0.1) is 0 Å². The molecule has 0 atom stereocenters. The summed E-state index contributed by atoms with van der Waals surface area (Å²) in [6, 6.07) is 7.84. The first-order valence-electron chi connectivity index (χ1n) is 10.8. The van der Waals surface area contributed by atoms with Gasteiger partial charge in [-0.05, 0) is 24.3 Å². The van der Waals surface area contributed by atoms with Crippen molar-refractivity contribution in [1.82, 2.24) is 9.55 Å². The second-order valence-electron chi connectivity index (χ2n) is 7.51. The highest BCUT2D eigenvalue weighted by Crippen LogP contribution is 2.18. The van der Waals surface area contributed by atoms with Crippen LogP contribution in [0.5, 0.6) is 0 Å². The van der Waals surface area contributed by atoms with Crippen molar-refractivity contribution >= 4 is 22.8 Å². The molecule has 0 aliphatic rings. The summed E-state index contributed by atoms with van der Waals surface area (Å²) in [6.07, 6.45) is 16.3. The van der Waals surface area contributed by atoms with Crippen LogP contribution in [0.25, 0.3) is 11.0 Å². The highest BCUT2D eigenvalue weighted by molar-refractivity contribution is 7.99. The van der Waals surface area contributed by atoms with Crippen molar-refractivity contribution in [2.75, 3.05) is 5.75 Å².